The predicted octanol–water partition coefficient (Wildman–Crippen LogP) is 4.43. The molecule has 0 aromatic carbocycles. The molecule has 4 fully saturated rings. The van der Waals surface area contributed by atoms with Crippen molar-refractivity contribution in [3.05, 3.63) is 0 Å². The molecule has 3 heteroatoms. The summed E-state index contributed by atoms with van der Waals surface area (Å²) in [4.78, 5) is 24.4. The standard InChI is InChI=1S/C22H34O3/c1-13(23)17-7-8-18-16-6-5-14-11-15(24)9-10-21(14,2)19(16)12-20(25-4)22(17,18)3/h14,16-20H,5-12H2,1-4H3/t14-,16-,17+,18-,19?,20-,21-,22+/m0/s1. The molecule has 0 amide bonds. The molecule has 8 atom stereocenters. The number of ether oxygens (including phenoxy) is 1. The Balaban J connectivity index is 1.70. The van der Waals surface area contributed by atoms with Crippen molar-refractivity contribution in [1.82, 2.24) is 0 Å². The van der Waals surface area contributed by atoms with Crippen LogP contribution in [0.4, 0.5) is 0 Å². The molecular formula is C22H34O3. The van der Waals surface area contributed by atoms with E-state index in [-0.39, 0.29) is 17.4 Å². The van der Waals surface area contributed by atoms with Gasteiger partial charge in [-0.05, 0) is 74.5 Å². The van der Waals surface area contributed by atoms with E-state index in [1.165, 1.54) is 19.3 Å². The van der Waals surface area contributed by atoms with Gasteiger partial charge in [-0.3, -0.25) is 9.59 Å². The van der Waals surface area contributed by atoms with Crippen LogP contribution in [0.15, 0.2) is 0 Å². The summed E-state index contributed by atoms with van der Waals surface area (Å²) in [7, 11) is 1.84. The molecule has 4 aliphatic carbocycles. The third-order valence-corrected chi connectivity index (χ3v) is 9.33. The zero-order chi connectivity index (χ0) is 18.0. The van der Waals surface area contributed by atoms with Crippen molar-refractivity contribution in [3.63, 3.8) is 0 Å². The SMILES string of the molecule is CO[C@H]1CC2[C@@H](CC[C@H]3CC(=O)CC[C@]23C)[C@@H]2CC[C@H](C(C)=O)[C@@]12C. The number of fused-ring (bicyclic) bond motifs is 5. The minimum atomic E-state index is 0.00936. The van der Waals surface area contributed by atoms with Crippen LogP contribution < -0.4 is 0 Å². The summed E-state index contributed by atoms with van der Waals surface area (Å²) in [6, 6.07) is 0. The number of hydrogen-bond acceptors (Lipinski definition) is 3. The van der Waals surface area contributed by atoms with E-state index in [2.05, 4.69) is 13.8 Å². The number of ketones is 2. The molecule has 0 aromatic heterocycles. The van der Waals surface area contributed by atoms with E-state index in [1.54, 1.807) is 6.92 Å². The second kappa shape index (κ2) is 5.90. The molecule has 0 spiro atoms. The zero-order valence-corrected chi connectivity index (χ0v) is 16.3. The van der Waals surface area contributed by atoms with Crippen molar-refractivity contribution >= 4 is 11.6 Å². The van der Waals surface area contributed by atoms with Gasteiger partial charge in [0.05, 0.1) is 6.10 Å². The second-order valence-corrected chi connectivity index (χ2v) is 9.97. The van der Waals surface area contributed by atoms with E-state index in [0.29, 0.717) is 34.7 Å². The Kier molecular flexibility index (Phi) is 4.18. The first-order chi connectivity index (χ1) is 11.8. The Morgan fingerprint density at radius 2 is 1.88 bits per heavy atom. The molecule has 0 radical (unpaired) electrons. The van der Waals surface area contributed by atoms with Gasteiger partial charge in [0.15, 0.2) is 0 Å². The Labute approximate surface area is 152 Å². The summed E-state index contributed by atoms with van der Waals surface area (Å²) >= 11 is 0. The largest absolute Gasteiger partial charge is 0.381 e. The van der Waals surface area contributed by atoms with E-state index in [0.717, 1.165) is 38.0 Å². The molecule has 3 nitrogen and oxygen atoms in total. The molecule has 0 saturated heterocycles. The van der Waals surface area contributed by atoms with Crippen molar-refractivity contribution in [2.24, 2.45) is 40.4 Å². The summed E-state index contributed by atoms with van der Waals surface area (Å²) in [5.74, 6) is 3.56. The van der Waals surface area contributed by atoms with E-state index in [9.17, 15) is 9.59 Å². The summed E-state index contributed by atoms with van der Waals surface area (Å²) in [5.41, 5.74) is 0.304. The Morgan fingerprint density at radius 1 is 1.12 bits per heavy atom. The van der Waals surface area contributed by atoms with Crippen LogP contribution in [-0.2, 0) is 14.3 Å². The third kappa shape index (κ3) is 2.33. The number of rotatable bonds is 2. The van der Waals surface area contributed by atoms with Gasteiger partial charge in [0.2, 0.25) is 0 Å². The summed E-state index contributed by atoms with van der Waals surface area (Å²) in [6.07, 6.45) is 8.58. The van der Waals surface area contributed by atoms with Crippen LogP contribution in [0.1, 0.15) is 72.1 Å². The quantitative estimate of drug-likeness (QED) is 0.743. The van der Waals surface area contributed by atoms with Crippen LogP contribution >= 0.6 is 0 Å². The lowest BCUT2D eigenvalue weighted by molar-refractivity contribution is -0.177. The van der Waals surface area contributed by atoms with E-state index in [4.69, 9.17) is 4.74 Å². The van der Waals surface area contributed by atoms with Crippen molar-refractivity contribution in [2.75, 3.05) is 7.11 Å². The second-order valence-electron chi connectivity index (χ2n) is 9.97. The predicted molar refractivity (Wildman–Crippen MR) is 97.1 cm³/mol. The Morgan fingerprint density at radius 3 is 2.56 bits per heavy atom. The van der Waals surface area contributed by atoms with Gasteiger partial charge in [0.25, 0.3) is 0 Å². The molecule has 25 heavy (non-hydrogen) atoms. The smallest absolute Gasteiger partial charge is 0.133 e. The van der Waals surface area contributed by atoms with Crippen molar-refractivity contribution in [2.45, 2.75) is 78.2 Å². The van der Waals surface area contributed by atoms with Gasteiger partial charge in [-0.2, -0.15) is 0 Å². The minimum Gasteiger partial charge on any atom is -0.381 e. The number of hydrogen-bond donors (Lipinski definition) is 0. The maximum atomic E-state index is 12.4. The minimum absolute atomic E-state index is 0.00936. The maximum Gasteiger partial charge on any atom is 0.133 e. The molecule has 4 aliphatic rings. The molecule has 0 bridgehead atoms. The number of Topliss-reactive ketones (excluding diaryl/α,β-unsaturated/α-hetero) is 2. The Hall–Kier alpha value is -0.700. The van der Waals surface area contributed by atoms with Gasteiger partial charge >= 0.3 is 0 Å². The molecule has 140 valence electrons. The van der Waals surface area contributed by atoms with Gasteiger partial charge in [0, 0.05) is 31.3 Å². The van der Waals surface area contributed by atoms with Crippen LogP contribution in [0.25, 0.3) is 0 Å². The fraction of sp³-hybridized carbons (Fsp3) is 0.909. The first-order valence-corrected chi connectivity index (χ1v) is 10.4. The van der Waals surface area contributed by atoms with Gasteiger partial charge < -0.3 is 4.74 Å². The lowest BCUT2D eigenvalue weighted by Gasteiger charge is -2.62. The van der Waals surface area contributed by atoms with Crippen molar-refractivity contribution < 1.29 is 14.3 Å². The van der Waals surface area contributed by atoms with E-state index >= 15 is 0 Å². The molecule has 1 unspecified atom stereocenters. The van der Waals surface area contributed by atoms with Crippen LogP contribution in [-0.4, -0.2) is 24.8 Å². The molecule has 4 saturated carbocycles. The van der Waals surface area contributed by atoms with E-state index in [1.807, 2.05) is 7.11 Å². The maximum absolute atomic E-state index is 12.4. The summed E-state index contributed by atoms with van der Waals surface area (Å²) in [5, 5.41) is 0. The lowest BCUT2D eigenvalue weighted by atomic mass is 9.44. The van der Waals surface area contributed by atoms with Gasteiger partial charge in [-0.25, -0.2) is 0 Å². The first-order valence-electron chi connectivity index (χ1n) is 10.4. The van der Waals surface area contributed by atoms with Crippen molar-refractivity contribution in [1.29, 1.82) is 0 Å². The van der Waals surface area contributed by atoms with Crippen LogP contribution in [0, 0.1) is 40.4 Å². The first kappa shape index (κ1) is 17.7. The molecule has 0 heterocycles. The fourth-order valence-corrected chi connectivity index (χ4v) is 7.99. The highest BCUT2D eigenvalue weighted by Crippen LogP contribution is 2.67. The zero-order valence-electron chi connectivity index (χ0n) is 16.3. The van der Waals surface area contributed by atoms with Crippen LogP contribution in [0.3, 0.4) is 0 Å². The average Bonchev–Trinajstić information content (AvgIpc) is 2.93. The highest BCUT2D eigenvalue weighted by atomic mass is 16.5. The van der Waals surface area contributed by atoms with Gasteiger partial charge in [-0.1, -0.05) is 13.8 Å². The normalized spacial score (nSPS) is 52.2. The van der Waals surface area contributed by atoms with Crippen LogP contribution in [0.5, 0.6) is 0 Å². The Bertz CT molecular complexity index is 584. The number of carbonyl (C=O) groups is 2. The third-order valence-electron chi connectivity index (χ3n) is 9.33. The highest BCUT2D eigenvalue weighted by Gasteiger charge is 2.64. The molecule has 0 aromatic rings. The molecular weight excluding hydrogens is 312 g/mol. The topological polar surface area (TPSA) is 43.4 Å². The summed E-state index contributed by atoms with van der Waals surface area (Å²) < 4.78 is 6.06. The summed E-state index contributed by atoms with van der Waals surface area (Å²) in [6.45, 7) is 6.59. The molecule has 4 rings (SSSR count). The van der Waals surface area contributed by atoms with Crippen molar-refractivity contribution in [3.8, 4) is 0 Å². The number of carbonyl (C=O) groups excluding carboxylic acids is 2. The monoisotopic (exact) mass is 346 g/mol. The van der Waals surface area contributed by atoms with Gasteiger partial charge in [-0.15, -0.1) is 0 Å². The average molecular weight is 347 g/mol. The van der Waals surface area contributed by atoms with Crippen LogP contribution in [0.2, 0.25) is 0 Å². The lowest BCUT2D eigenvalue weighted by Crippen LogP contribution is -2.59. The van der Waals surface area contributed by atoms with E-state index < -0.39 is 0 Å². The highest BCUT2D eigenvalue weighted by molar-refractivity contribution is 5.80. The van der Waals surface area contributed by atoms with Gasteiger partial charge in [0.1, 0.15) is 11.6 Å². The fourth-order valence-electron chi connectivity index (χ4n) is 7.99. The number of methoxy groups -OCH3 is 1. The molecule has 0 aliphatic heterocycles. The molecule has 0 N–H and O–H groups in total.